The van der Waals surface area contributed by atoms with Gasteiger partial charge in [-0.2, -0.15) is 9.78 Å². The lowest BCUT2D eigenvalue weighted by atomic mass is 10.1. The summed E-state index contributed by atoms with van der Waals surface area (Å²) in [4.78, 5) is 25.6. The highest BCUT2D eigenvalue weighted by Crippen LogP contribution is 2.37. The second-order valence-corrected chi connectivity index (χ2v) is 11.6. The first-order chi connectivity index (χ1) is 18.4. The normalized spacial score (nSPS) is 14.4. The molecule has 1 N–H and O–H groups in total. The molecule has 2 aromatic carbocycles. The molecule has 4 rings (SSSR count). The van der Waals surface area contributed by atoms with Gasteiger partial charge in [0, 0.05) is 36.8 Å². The van der Waals surface area contributed by atoms with E-state index < -0.39 is 26.7 Å². The van der Waals surface area contributed by atoms with Crippen LogP contribution in [-0.2, 0) is 10.0 Å². The van der Waals surface area contributed by atoms with Crippen molar-refractivity contribution < 1.29 is 22.9 Å². The zero-order valence-corrected chi connectivity index (χ0v) is 23.5. The van der Waals surface area contributed by atoms with Crippen molar-refractivity contribution in [3.63, 3.8) is 0 Å². The second-order valence-electron chi connectivity index (χ2n) is 9.90. The van der Waals surface area contributed by atoms with Crippen LogP contribution in [0.1, 0.15) is 60.3 Å². The number of sulfonamides is 1. The average molecular weight is 556 g/mol. The number of non-ortho nitro benzene ring substituents is 1. The fraction of sp³-hybridized carbons (Fsp3) is 0.407. The Balaban J connectivity index is 1.90. The number of nitro groups is 1. The van der Waals surface area contributed by atoms with Gasteiger partial charge in [-0.3, -0.25) is 14.9 Å². The number of nitrogens with one attached hydrogen (secondary N) is 1. The lowest BCUT2D eigenvalue weighted by molar-refractivity contribution is -0.385. The van der Waals surface area contributed by atoms with Gasteiger partial charge in [0.05, 0.1) is 10.6 Å². The molecule has 0 aliphatic carbocycles. The van der Waals surface area contributed by atoms with Gasteiger partial charge in [-0.25, -0.2) is 13.1 Å². The fourth-order valence-electron chi connectivity index (χ4n) is 4.40. The zero-order chi connectivity index (χ0) is 28.5. The minimum Gasteiger partial charge on any atom is -0.437 e. The van der Waals surface area contributed by atoms with E-state index in [-0.39, 0.29) is 28.1 Å². The monoisotopic (exact) mass is 555 g/mol. The van der Waals surface area contributed by atoms with Crippen molar-refractivity contribution in [2.24, 2.45) is 0 Å². The minimum atomic E-state index is -4.19. The molecule has 2 heterocycles. The molecule has 0 radical (unpaired) electrons. The third-order valence-corrected chi connectivity index (χ3v) is 8.47. The standard InChI is InChI=1S/C27H33N5O6S/c1-6-19(4)29-39(36,37)24-16-21(32(34)35)11-12-23(24)38-27-20(5)25(26(33)30-13-7-8-14-30)28-31(27)22-15-17(2)9-10-18(22)3/h9-12,15-16,19,29H,6-8,13-14H2,1-5H3/t19-/m0/s1. The van der Waals surface area contributed by atoms with Gasteiger partial charge in [-0.1, -0.05) is 19.1 Å². The third kappa shape index (κ3) is 5.81. The second kappa shape index (κ2) is 11.1. The summed E-state index contributed by atoms with van der Waals surface area (Å²) < 4.78 is 36.9. The van der Waals surface area contributed by atoms with Crippen molar-refractivity contribution in [1.82, 2.24) is 19.4 Å². The Kier molecular flexibility index (Phi) is 8.07. The van der Waals surface area contributed by atoms with Crippen molar-refractivity contribution in [2.75, 3.05) is 13.1 Å². The topological polar surface area (TPSA) is 137 Å². The van der Waals surface area contributed by atoms with E-state index in [1.807, 2.05) is 39.0 Å². The fourth-order valence-corrected chi connectivity index (χ4v) is 5.88. The van der Waals surface area contributed by atoms with E-state index >= 15 is 0 Å². The number of carbonyl (C=O) groups excluding carboxylic acids is 1. The van der Waals surface area contributed by atoms with Crippen LogP contribution in [0.2, 0.25) is 0 Å². The van der Waals surface area contributed by atoms with Gasteiger partial charge in [0.15, 0.2) is 5.69 Å². The molecular formula is C27H33N5O6S. The van der Waals surface area contributed by atoms with Crippen LogP contribution in [-0.4, -0.2) is 53.1 Å². The van der Waals surface area contributed by atoms with Gasteiger partial charge in [-0.15, -0.1) is 0 Å². The summed E-state index contributed by atoms with van der Waals surface area (Å²) in [5.74, 6) is -0.194. The van der Waals surface area contributed by atoms with Crippen LogP contribution in [0.3, 0.4) is 0 Å². The summed E-state index contributed by atoms with van der Waals surface area (Å²) in [5.41, 5.74) is 2.73. The highest BCUT2D eigenvalue weighted by molar-refractivity contribution is 7.89. The first kappa shape index (κ1) is 28.2. The molecule has 1 saturated heterocycles. The molecular weight excluding hydrogens is 522 g/mol. The van der Waals surface area contributed by atoms with Gasteiger partial charge in [0.1, 0.15) is 10.6 Å². The molecule has 1 amide bonds. The summed E-state index contributed by atoms with van der Waals surface area (Å²) in [6.45, 7) is 10.3. The van der Waals surface area contributed by atoms with E-state index in [1.165, 1.54) is 16.8 Å². The van der Waals surface area contributed by atoms with Crippen LogP contribution in [0.25, 0.3) is 5.69 Å². The molecule has 0 bridgehead atoms. The van der Waals surface area contributed by atoms with Crippen molar-refractivity contribution in [3.8, 4) is 17.3 Å². The first-order valence-electron chi connectivity index (χ1n) is 12.9. The Hall–Kier alpha value is -3.77. The molecule has 208 valence electrons. The van der Waals surface area contributed by atoms with Gasteiger partial charge >= 0.3 is 0 Å². The maximum Gasteiger partial charge on any atom is 0.274 e. The van der Waals surface area contributed by atoms with E-state index in [9.17, 15) is 23.3 Å². The lowest BCUT2D eigenvalue weighted by Gasteiger charge is -2.17. The summed E-state index contributed by atoms with van der Waals surface area (Å²) in [6.07, 6.45) is 2.35. The molecule has 1 aromatic heterocycles. The van der Waals surface area contributed by atoms with Crippen LogP contribution in [0.4, 0.5) is 5.69 Å². The van der Waals surface area contributed by atoms with Crippen LogP contribution >= 0.6 is 0 Å². The Labute approximate surface area is 228 Å². The summed E-state index contributed by atoms with van der Waals surface area (Å²) in [5, 5.41) is 16.1. The number of benzene rings is 2. The minimum absolute atomic E-state index is 0.119. The number of nitro benzene ring substituents is 1. The summed E-state index contributed by atoms with van der Waals surface area (Å²) >= 11 is 0. The van der Waals surface area contributed by atoms with Gasteiger partial charge in [-0.05, 0) is 70.2 Å². The number of carbonyl (C=O) groups is 1. The van der Waals surface area contributed by atoms with Crippen LogP contribution in [0.15, 0.2) is 41.3 Å². The molecule has 1 aliphatic heterocycles. The predicted molar refractivity (Wildman–Crippen MR) is 146 cm³/mol. The maximum absolute atomic E-state index is 13.4. The van der Waals surface area contributed by atoms with E-state index in [0.29, 0.717) is 30.8 Å². The van der Waals surface area contributed by atoms with Gasteiger partial charge in [0.25, 0.3) is 11.6 Å². The number of hydrogen-bond donors (Lipinski definition) is 1. The number of ether oxygens (including phenoxy) is 1. The molecule has 3 aromatic rings. The Bertz CT molecular complexity index is 1530. The van der Waals surface area contributed by atoms with E-state index in [1.54, 1.807) is 18.7 Å². The molecule has 39 heavy (non-hydrogen) atoms. The highest BCUT2D eigenvalue weighted by Gasteiger charge is 2.31. The van der Waals surface area contributed by atoms with Gasteiger partial charge < -0.3 is 9.64 Å². The molecule has 1 atom stereocenters. The van der Waals surface area contributed by atoms with Crippen molar-refractivity contribution in [1.29, 1.82) is 0 Å². The number of amides is 1. The number of aromatic nitrogens is 2. The number of rotatable bonds is 9. The molecule has 12 heteroatoms. The molecule has 0 unspecified atom stereocenters. The zero-order valence-electron chi connectivity index (χ0n) is 22.7. The summed E-state index contributed by atoms with van der Waals surface area (Å²) in [7, 11) is -4.19. The largest absolute Gasteiger partial charge is 0.437 e. The van der Waals surface area contributed by atoms with Crippen molar-refractivity contribution in [3.05, 3.63) is 68.9 Å². The number of hydrogen-bond acceptors (Lipinski definition) is 7. The van der Waals surface area contributed by atoms with Crippen molar-refractivity contribution in [2.45, 2.75) is 64.8 Å². The van der Waals surface area contributed by atoms with Crippen LogP contribution < -0.4 is 9.46 Å². The number of likely N-dealkylation sites (tertiary alicyclic amines) is 1. The van der Waals surface area contributed by atoms with E-state index in [4.69, 9.17) is 4.74 Å². The van der Waals surface area contributed by atoms with E-state index in [0.717, 1.165) is 30.0 Å². The predicted octanol–water partition coefficient (Wildman–Crippen LogP) is 4.81. The van der Waals surface area contributed by atoms with E-state index in [2.05, 4.69) is 9.82 Å². The molecule has 0 saturated carbocycles. The third-order valence-electron chi connectivity index (χ3n) is 6.86. The summed E-state index contributed by atoms with van der Waals surface area (Å²) in [6, 6.07) is 8.78. The molecule has 0 spiro atoms. The van der Waals surface area contributed by atoms with Crippen molar-refractivity contribution >= 4 is 21.6 Å². The Morgan fingerprint density at radius 1 is 1.15 bits per heavy atom. The van der Waals surface area contributed by atoms with Gasteiger partial charge in [0.2, 0.25) is 15.9 Å². The Morgan fingerprint density at radius 3 is 2.49 bits per heavy atom. The number of nitrogens with zero attached hydrogens (tertiary/aromatic N) is 4. The van der Waals surface area contributed by atoms with Crippen LogP contribution in [0.5, 0.6) is 11.6 Å². The maximum atomic E-state index is 13.4. The molecule has 1 fully saturated rings. The first-order valence-corrected chi connectivity index (χ1v) is 14.4. The smallest absolute Gasteiger partial charge is 0.274 e. The Morgan fingerprint density at radius 2 is 1.85 bits per heavy atom. The SMILES string of the molecule is CC[C@H](C)NS(=O)(=O)c1cc([N+](=O)[O-])ccc1Oc1c(C)c(C(=O)N2CCCC2)nn1-c1cc(C)ccc1C. The quantitative estimate of drug-likeness (QED) is 0.295. The van der Waals surface area contributed by atoms with Crippen LogP contribution in [0, 0.1) is 30.9 Å². The number of aryl methyl sites for hydroxylation is 2. The highest BCUT2D eigenvalue weighted by atomic mass is 32.2. The molecule has 1 aliphatic rings. The lowest BCUT2D eigenvalue weighted by Crippen LogP contribution is -2.32. The molecule has 11 nitrogen and oxygen atoms in total. The average Bonchev–Trinajstić information content (AvgIpc) is 3.54.